The minimum Gasteiger partial charge on any atom is -0.351 e. The van der Waals surface area contributed by atoms with E-state index >= 15 is 0 Å². The summed E-state index contributed by atoms with van der Waals surface area (Å²) in [6.07, 6.45) is 1.34. The Kier molecular flexibility index (Phi) is 10.9. The topological polar surface area (TPSA) is 58.4 Å². The molecule has 3 atom stereocenters. The Morgan fingerprint density at radius 3 is 2.07 bits per heavy atom. The van der Waals surface area contributed by atoms with Gasteiger partial charge in [-0.25, -0.2) is 0 Å². The van der Waals surface area contributed by atoms with Crippen LogP contribution in [0.3, 0.4) is 0 Å². The fourth-order valence-electron chi connectivity index (χ4n) is 3.63. The molecule has 0 radical (unpaired) electrons. The average molecular weight is 418 g/mol. The van der Waals surface area contributed by atoms with E-state index in [1.165, 1.54) is 25.1 Å². The number of benzene rings is 1. The molecule has 1 heterocycles. The Hall–Kier alpha value is -0.810. The lowest BCUT2D eigenvalue weighted by molar-refractivity contribution is -0.124. The van der Waals surface area contributed by atoms with Crippen LogP contribution in [0.15, 0.2) is 24.3 Å². The van der Waals surface area contributed by atoms with Crippen LogP contribution in [-0.2, 0) is 17.9 Å². The fourth-order valence-corrected chi connectivity index (χ4v) is 3.63. The molecule has 1 aliphatic rings. The number of carbonyl (C=O) groups is 1. The molecule has 1 aliphatic heterocycles. The molecule has 1 amide bonds. The maximum Gasteiger partial charge on any atom is 0.237 e. The van der Waals surface area contributed by atoms with E-state index in [0.717, 1.165) is 23.9 Å². The number of carbonyl (C=O) groups excluding carboxylic acids is 1. The molecular weight excluding hydrogens is 381 g/mol. The molecule has 4 nitrogen and oxygen atoms in total. The zero-order valence-electron chi connectivity index (χ0n) is 17.3. The van der Waals surface area contributed by atoms with Crippen LogP contribution in [0.4, 0.5) is 0 Å². The van der Waals surface area contributed by atoms with Crippen LogP contribution in [0.2, 0.25) is 0 Å². The van der Waals surface area contributed by atoms with Crippen molar-refractivity contribution in [1.82, 2.24) is 10.2 Å². The monoisotopic (exact) mass is 417 g/mol. The normalized spacial score (nSPS) is 21.6. The summed E-state index contributed by atoms with van der Waals surface area (Å²) in [6, 6.07) is 8.07. The maximum atomic E-state index is 12.1. The van der Waals surface area contributed by atoms with Gasteiger partial charge >= 0.3 is 0 Å². The van der Waals surface area contributed by atoms with Gasteiger partial charge in [0, 0.05) is 26.2 Å². The van der Waals surface area contributed by atoms with Crippen LogP contribution in [0, 0.1) is 17.3 Å². The number of nitrogens with zero attached hydrogens (tertiary/aromatic N) is 1. The van der Waals surface area contributed by atoms with Gasteiger partial charge in [-0.2, -0.15) is 0 Å². The zero-order valence-corrected chi connectivity index (χ0v) is 19.0. The van der Waals surface area contributed by atoms with Crippen molar-refractivity contribution in [2.24, 2.45) is 23.0 Å². The van der Waals surface area contributed by atoms with Crippen molar-refractivity contribution in [1.29, 1.82) is 0 Å². The number of halogens is 2. The molecule has 156 valence electrons. The number of hydrogen-bond donors (Lipinski definition) is 2. The summed E-state index contributed by atoms with van der Waals surface area (Å²) in [5.41, 5.74) is 8.21. The van der Waals surface area contributed by atoms with Gasteiger partial charge in [-0.1, -0.05) is 58.9 Å². The predicted molar refractivity (Wildman–Crippen MR) is 118 cm³/mol. The van der Waals surface area contributed by atoms with E-state index in [9.17, 15) is 4.79 Å². The summed E-state index contributed by atoms with van der Waals surface area (Å²) in [7, 11) is 0. The van der Waals surface area contributed by atoms with Crippen molar-refractivity contribution >= 4 is 30.7 Å². The SMILES string of the molecule is CC1CC(C)CN(Cc2ccc(CNC(=O)[C@@H](N)C(C)(C)C)cc2)C1.Cl.Cl. The van der Waals surface area contributed by atoms with Crippen molar-refractivity contribution in [2.75, 3.05) is 13.1 Å². The highest BCUT2D eigenvalue weighted by molar-refractivity contribution is 5.85. The Morgan fingerprint density at radius 2 is 1.59 bits per heavy atom. The third-order valence-corrected chi connectivity index (χ3v) is 5.06. The molecule has 0 aliphatic carbocycles. The summed E-state index contributed by atoms with van der Waals surface area (Å²) in [4.78, 5) is 14.7. The minimum atomic E-state index is -0.491. The Balaban J connectivity index is 0.00000338. The van der Waals surface area contributed by atoms with Crippen LogP contribution in [-0.4, -0.2) is 29.9 Å². The lowest BCUT2D eigenvalue weighted by Gasteiger charge is -2.35. The summed E-state index contributed by atoms with van der Waals surface area (Å²) < 4.78 is 0. The molecule has 1 aromatic carbocycles. The van der Waals surface area contributed by atoms with Crippen molar-refractivity contribution in [2.45, 2.75) is 60.2 Å². The van der Waals surface area contributed by atoms with Crippen molar-refractivity contribution in [3.05, 3.63) is 35.4 Å². The second-order valence-corrected chi connectivity index (χ2v) is 9.02. The van der Waals surface area contributed by atoms with Crippen LogP contribution >= 0.6 is 24.8 Å². The van der Waals surface area contributed by atoms with Crippen molar-refractivity contribution in [3.63, 3.8) is 0 Å². The van der Waals surface area contributed by atoms with E-state index < -0.39 is 6.04 Å². The molecule has 0 bridgehead atoms. The van der Waals surface area contributed by atoms with Crippen LogP contribution in [0.5, 0.6) is 0 Å². The zero-order chi connectivity index (χ0) is 18.6. The molecule has 0 saturated carbocycles. The van der Waals surface area contributed by atoms with Gasteiger partial charge in [0.15, 0.2) is 0 Å². The predicted octanol–water partition coefficient (Wildman–Crippen LogP) is 4.00. The highest BCUT2D eigenvalue weighted by Crippen LogP contribution is 2.22. The second kappa shape index (κ2) is 11.3. The van der Waals surface area contributed by atoms with E-state index in [1.54, 1.807) is 0 Å². The van der Waals surface area contributed by atoms with Gasteiger partial charge in [0.1, 0.15) is 0 Å². The molecular formula is C21H37Cl2N3O. The lowest BCUT2D eigenvalue weighted by atomic mass is 9.87. The van der Waals surface area contributed by atoms with E-state index in [-0.39, 0.29) is 36.1 Å². The molecule has 0 aromatic heterocycles. The van der Waals surface area contributed by atoms with E-state index in [0.29, 0.717) is 6.54 Å². The van der Waals surface area contributed by atoms with Gasteiger partial charge in [0.25, 0.3) is 0 Å². The number of rotatable bonds is 5. The molecule has 1 aromatic rings. The summed E-state index contributed by atoms with van der Waals surface area (Å²) >= 11 is 0. The van der Waals surface area contributed by atoms with Gasteiger partial charge in [-0.15, -0.1) is 24.8 Å². The lowest BCUT2D eigenvalue weighted by Crippen LogP contribution is -2.48. The quantitative estimate of drug-likeness (QED) is 0.760. The first-order valence-corrected chi connectivity index (χ1v) is 9.48. The molecule has 3 N–H and O–H groups in total. The standard InChI is InChI=1S/C21H35N3O.2ClH/c1-15-10-16(2)13-24(12-15)14-18-8-6-17(7-9-18)11-23-20(25)19(22)21(3,4)5;;/h6-9,15-16,19H,10-14,22H2,1-5H3,(H,23,25);2*1H/t15?,16?,19-;;/m1../s1. The first-order chi connectivity index (χ1) is 11.6. The Labute approximate surface area is 177 Å². The highest BCUT2D eigenvalue weighted by Gasteiger charge is 2.27. The highest BCUT2D eigenvalue weighted by atomic mass is 35.5. The largest absolute Gasteiger partial charge is 0.351 e. The smallest absolute Gasteiger partial charge is 0.237 e. The van der Waals surface area contributed by atoms with E-state index in [2.05, 4.69) is 48.3 Å². The molecule has 0 spiro atoms. The van der Waals surface area contributed by atoms with Crippen LogP contribution < -0.4 is 11.1 Å². The Bertz CT molecular complexity index is 562. The van der Waals surface area contributed by atoms with Crippen LogP contribution in [0.25, 0.3) is 0 Å². The number of piperidine rings is 1. The maximum absolute atomic E-state index is 12.1. The van der Waals surface area contributed by atoms with E-state index in [1.807, 2.05) is 20.8 Å². The van der Waals surface area contributed by atoms with Crippen molar-refractivity contribution < 1.29 is 4.79 Å². The molecule has 6 heteroatoms. The minimum absolute atomic E-state index is 0. The molecule has 1 saturated heterocycles. The number of likely N-dealkylation sites (tertiary alicyclic amines) is 1. The first-order valence-electron chi connectivity index (χ1n) is 9.48. The number of amides is 1. The molecule has 1 fully saturated rings. The van der Waals surface area contributed by atoms with Crippen LogP contribution in [0.1, 0.15) is 52.2 Å². The summed E-state index contributed by atoms with van der Waals surface area (Å²) in [5, 5.41) is 2.94. The third kappa shape index (κ3) is 8.39. The summed E-state index contributed by atoms with van der Waals surface area (Å²) in [5.74, 6) is 1.48. The van der Waals surface area contributed by atoms with Gasteiger partial charge in [0.2, 0.25) is 5.91 Å². The molecule has 2 unspecified atom stereocenters. The van der Waals surface area contributed by atoms with Gasteiger partial charge < -0.3 is 11.1 Å². The second-order valence-electron chi connectivity index (χ2n) is 9.02. The molecule has 2 rings (SSSR count). The van der Waals surface area contributed by atoms with Gasteiger partial charge in [-0.05, 0) is 34.8 Å². The van der Waals surface area contributed by atoms with Crippen molar-refractivity contribution in [3.8, 4) is 0 Å². The molecule has 27 heavy (non-hydrogen) atoms. The van der Waals surface area contributed by atoms with Gasteiger partial charge in [0.05, 0.1) is 6.04 Å². The average Bonchev–Trinajstić information content (AvgIpc) is 2.51. The van der Waals surface area contributed by atoms with E-state index in [4.69, 9.17) is 5.73 Å². The third-order valence-electron chi connectivity index (χ3n) is 5.06. The first kappa shape index (κ1) is 26.2. The number of nitrogens with one attached hydrogen (secondary N) is 1. The Morgan fingerprint density at radius 1 is 1.11 bits per heavy atom. The van der Waals surface area contributed by atoms with Gasteiger partial charge in [-0.3, -0.25) is 9.69 Å². The number of nitrogens with two attached hydrogens (primary N) is 1. The summed E-state index contributed by atoms with van der Waals surface area (Å²) in [6.45, 7) is 14.5. The number of hydrogen-bond acceptors (Lipinski definition) is 3. The fraction of sp³-hybridized carbons (Fsp3) is 0.667.